The van der Waals surface area contributed by atoms with Crippen molar-refractivity contribution in [1.29, 1.82) is 0 Å². The molecule has 0 aliphatic rings. The molecule has 0 spiro atoms. The summed E-state index contributed by atoms with van der Waals surface area (Å²) in [6, 6.07) is 2.67. The molecular formula is C22H21Cl2N9O2. The summed E-state index contributed by atoms with van der Waals surface area (Å²) in [7, 11) is 1.55. The summed E-state index contributed by atoms with van der Waals surface area (Å²) >= 11 is 12.4. The SMILES string of the molecule is CC#CCNc1cnn(-c2ncc(NC(=O)Nc3cnc4cc(Cl)nn4c3[C@H](C)OC)cc2Cl)c1. The number of anilines is 3. The van der Waals surface area contributed by atoms with Gasteiger partial charge in [0.2, 0.25) is 0 Å². The lowest BCUT2D eigenvalue weighted by Gasteiger charge is -2.17. The van der Waals surface area contributed by atoms with Crippen LogP contribution in [0.2, 0.25) is 10.2 Å². The van der Waals surface area contributed by atoms with E-state index < -0.39 is 12.1 Å². The third-order valence-corrected chi connectivity index (χ3v) is 5.38. The molecule has 4 rings (SSSR count). The zero-order valence-electron chi connectivity index (χ0n) is 19.0. The van der Waals surface area contributed by atoms with Gasteiger partial charge >= 0.3 is 6.03 Å². The van der Waals surface area contributed by atoms with E-state index in [1.807, 2.05) is 6.92 Å². The van der Waals surface area contributed by atoms with Crippen molar-refractivity contribution in [1.82, 2.24) is 29.4 Å². The standard InChI is InChI=1S/C22H21Cl2N9O2/c1-4-5-6-25-15-10-28-32(12-15)21-16(23)7-14(9-27-21)29-22(34)30-17-11-26-19-8-18(24)31-33(19)20(17)13(2)35-3/h7-13,25H,6H2,1-3H3,(H2,29,30,34)/t13-/m0/s1. The van der Waals surface area contributed by atoms with Crippen molar-refractivity contribution in [3.8, 4) is 17.7 Å². The number of hydrogen-bond donors (Lipinski definition) is 3. The number of nitrogens with one attached hydrogen (secondary N) is 3. The van der Waals surface area contributed by atoms with Gasteiger partial charge < -0.3 is 20.7 Å². The first-order valence-corrected chi connectivity index (χ1v) is 11.1. The summed E-state index contributed by atoms with van der Waals surface area (Å²) in [4.78, 5) is 21.3. The smallest absolute Gasteiger partial charge is 0.323 e. The van der Waals surface area contributed by atoms with E-state index in [9.17, 15) is 4.79 Å². The molecule has 1 atom stereocenters. The predicted octanol–water partition coefficient (Wildman–Crippen LogP) is 4.40. The Labute approximate surface area is 210 Å². The van der Waals surface area contributed by atoms with Gasteiger partial charge in [0.1, 0.15) is 0 Å². The van der Waals surface area contributed by atoms with Crippen LogP contribution in [0.3, 0.4) is 0 Å². The monoisotopic (exact) mass is 513 g/mol. The van der Waals surface area contributed by atoms with Crippen LogP contribution in [0.1, 0.15) is 25.6 Å². The lowest BCUT2D eigenvalue weighted by molar-refractivity contribution is 0.114. The number of fused-ring (bicyclic) bond motifs is 1. The molecule has 0 fully saturated rings. The third kappa shape index (κ3) is 5.46. The van der Waals surface area contributed by atoms with E-state index >= 15 is 0 Å². The van der Waals surface area contributed by atoms with Crippen LogP contribution in [0.4, 0.5) is 21.9 Å². The zero-order chi connectivity index (χ0) is 24.9. The Hall–Kier alpha value is -3.85. The molecule has 3 N–H and O–H groups in total. The van der Waals surface area contributed by atoms with Gasteiger partial charge in [-0.05, 0) is 19.9 Å². The van der Waals surface area contributed by atoms with Crippen molar-refractivity contribution in [3.05, 3.63) is 52.8 Å². The first-order chi connectivity index (χ1) is 16.9. The number of hydrogen-bond acceptors (Lipinski definition) is 7. The maximum atomic E-state index is 12.7. The van der Waals surface area contributed by atoms with Gasteiger partial charge in [-0.3, -0.25) is 0 Å². The Bertz CT molecular complexity index is 1440. The number of ether oxygens (including phenoxy) is 1. The van der Waals surface area contributed by atoms with E-state index in [-0.39, 0.29) is 5.15 Å². The Morgan fingerprint density at radius 2 is 2.00 bits per heavy atom. The molecule has 0 unspecified atom stereocenters. The van der Waals surface area contributed by atoms with Gasteiger partial charge in [0.25, 0.3) is 0 Å². The number of nitrogens with zero attached hydrogens (tertiary/aromatic N) is 6. The van der Waals surface area contributed by atoms with E-state index in [2.05, 4.69) is 48.0 Å². The minimum absolute atomic E-state index is 0.277. The van der Waals surface area contributed by atoms with Crippen molar-refractivity contribution in [3.63, 3.8) is 0 Å². The molecule has 0 radical (unpaired) electrons. The topological polar surface area (TPSA) is 123 Å². The molecule has 0 aromatic carbocycles. The number of amides is 2. The number of halogens is 2. The molecule has 0 aliphatic carbocycles. The summed E-state index contributed by atoms with van der Waals surface area (Å²) in [6.07, 6.45) is 5.98. The Balaban J connectivity index is 1.49. The lowest BCUT2D eigenvalue weighted by Crippen LogP contribution is -2.22. The molecule has 2 amide bonds. The molecule has 0 saturated carbocycles. The van der Waals surface area contributed by atoms with Crippen LogP contribution in [0.5, 0.6) is 0 Å². The van der Waals surface area contributed by atoms with Gasteiger partial charge in [-0.15, -0.1) is 5.92 Å². The predicted molar refractivity (Wildman–Crippen MR) is 134 cm³/mol. The summed E-state index contributed by atoms with van der Waals surface area (Å²) in [6.45, 7) is 4.10. The molecule has 0 bridgehead atoms. The molecule has 180 valence electrons. The highest BCUT2D eigenvalue weighted by Gasteiger charge is 2.19. The van der Waals surface area contributed by atoms with Crippen molar-refractivity contribution < 1.29 is 9.53 Å². The average Bonchev–Trinajstić information content (AvgIpc) is 3.44. The second-order valence-corrected chi connectivity index (χ2v) is 8.03. The van der Waals surface area contributed by atoms with Crippen molar-refractivity contribution in [2.24, 2.45) is 0 Å². The number of carbonyl (C=O) groups is 1. The molecule has 11 nitrogen and oxygen atoms in total. The number of aromatic nitrogens is 6. The normalized spacial score (nSPS) is 11.6. The fourth-order valence-corrected chi connectivity index (χ4v) is 3.67. The molecule has 4 aromatic rings. The van der Waals surface area contributed by atoms with Crippen LogP contribution in [0.15, 0.2) is 36.9 Å². The average molecular weight is 514 g/mol. The van der Waals surface area contributed by atoms with Crippen LogP contribution >= 0.6 is 23.2 Å². The van der Waals surface area contributed by atoms with Gasteiger partial charge in [0.15, 0.2) is 16.6 Å². The van der Waals surface area contributed by atoms with Gasteiger partial charge in [0.05, 0.1) is 65.2 Å². The minimum Gasteiger partial charge on any atom is -0.375 e. The summed E-state index contributed by atoms with van der Waals surface area (Å²) < 4.78 is 8.50. The van der Waals surface area contributed by atoms with Crippen molar-refractivity contribution in [2.75, 3.05) is 29.6 Å². The third-order valence-electron chi connectivity index (χ3n) is 4.91. The quantitative estimate of drug-likeness (QED) is 0.312. The molecule has 0 saturated heterocycles. The van der Waals surface area contributed by atoms with E-state index in [0.717, 1.165) is 5.69 Å². The summed E-state index contributed by atoms with van der Waals surface area (Å²) in [5, 5.41) is 17.7. The van der Waals surface area contributed by atoms with E-state index in [0.29, 0.717) is 40.1 Å². The van der Waals surface area contributed by atoms with Gasteiger partial charge in [-0.2, -0.15) is 10.2 Å². The molecule has 35 heavy (non-hydrogen) atoms. The minimum atomic E-state index is -0.526. The first kappa shape index (κ1) is 24.3. The van der Waals surface area contributed by atoms with E-state index in [1.165, 1.54) is 21.6 Å². The van der Waals surface area contributed by atoms with Gasteiger partial charge in [-0.25, -0.2) is 24.0 Å². The lowest BCUT2D eigenvalue weighted by atomic mass is 10.2. The van der Waals surface area contributed by atoms with Crippen LogP contribution in [-0.4, -0.2) is 49.0 Å². The highest BCUT2D eigenvalue weighted by molar-refractivity contribution is 6.32. The number of methoxy groups -OCH3 is 1. The molecule has 13 heteroatoms. The molecular weight excluding hydrogens is 493 g/mol. The Morgan fingerprint density at radius 1 is 1.17 bits per heavy atom. The Kier molecular flexibility index (Phi) is 7.36. The van der Waals surface area contributed by atoms with Crippen molar-refractivity contribution >= 4 is 51.9 Å². The number of rotatable bonds is 7. The van der Waals surface area contributed by atoms with Crippen LogP contribution < -0.4 is 16.0 Å². The van der Waals surface area contributed by atoms with Crippen LogP contribution in [0.25, 0.3) is 11.5 Å². The maximum absolute atomic E-state index is 12.7. The number of urea groups is 1. The largest absolute Gasteiger partial charge is 0.375 e. The molecule has 4 aromatic heterocycles. The van der Waals surface area contributed by atoms with E-state index in [4.69, 9.17) is 27.9 Å². The summed E-state index contributed by atoms with van der Waals surface area (Å²) in [5.41, 5.74) is 2.68. The highest BCUT2D eigenvalue weighted by atomic mass is 35.5. The Morgan fingerprint density at radius 3 is 2.74 bits per heavy atom. The van der Waals surface area contributed by atoms with Gasteiger partial charge in [0, 0.05) is 13.2 Å². The van der Waals surface area contributed by atoms with E-state index in [1.54, 1.807) is 38.6 Å². The van der Waals surface area contributed by atoms with Gasteiger partial charge in [-0.1, -0.05) is 29.1 Å². The maximum Gasteiger partial charge on any atom is 0.323 e. The zero-order valence-corrected chi connectivity index (χ0v) is 20.5. The second kappa shape index (κ2) is 10.6. The molecule has 4 heterocycles. The fourth-order valence-electron chi connectivity index (χ4n) is 3.24. The fraction of sp³-hybridized carbons (Fsp3) is 0.227. The molecule has 0 aliphatic heterocycles. The summed E-state index contributed by atoms with van der Waals surface area (Å²) in [5.74, 6) is 6.14. The number of carbonyl (C=O) groups excluding carboxylic acids is 1. The second-order valence-electron chi connectivity index (χ2n) is 7.23. The highest BCUT2D eigenvalue weighted by Crippen LogP contribution is 2.27. The van der Waals surface area contributed by atoms with Crippen LogP contribution in [-0.2, 0) is 4.74 Å². The van der Waals surface area contributed by atoms with Crippen molar-refractivity contribution in [2.45, 2.75) is 20.0 Å². The number of pyridine rings is 1. The first-order valence-electron chi connectivity index (χ1n) is 10.4. The van der Waals surface area contributed by atoms with Crippen LogP contribution in [0, 0.1) is 11.8 Å².